The second-order valence-electron chi connectivity index (χ2n) is 32.5. The third kappa shape index (κ3) is 21.4. The second kappa shape index (κ2) is 42.1. The third-order valence-electron chi connectivity index (χ3n) is 24.4. The second-order valence-corrected chi connectivity index (χ2v) is 32.5. The molecule has 16 rings (SSSR count). The van der Waals surface area contributed by atoms with Crippen LogP contribution in [0.4, 0.5) is 23.3 Å². The predicted molar refractivity (Wildman–Crippen MR) is 474 cm³/mol. The number of amidine groups is 2. The highest BCUT2D eigenvalue weighted by Crippen LogP contribution is 2.43. The van der Waals surface area contributed by atoms with Crippen molar-refractivity contribution in [2.75, 3.05) is 47.9 Å². The van der Waals surface area contributed by atoms with E-state index in [0.717, 1.165) is 192 Å². The number of benzene rings is 8. The maximum atomic E-state index is 12.9. The van der Waals surface area contributed by atoms with Gasteiger partial charge in [0.1, 0.15) is 11.7 Å². The van der Waals surface area contributed by atoms with Crippen LogP contribution < -0.4 is 20.4 Å². The van der Waals surface area contributed by atoms with E-state index in [1.807, 2.05) is 166 Å². The van der Waals surface area contributed by atoms with Crippen LogP contribution in [0, 0.1) is 37.5 Å². The zero-order valence-electron chi connectivity index (χ0n) is 71.2. The van der Waals surface area contributed by atoms with Gasteiger partial charge in [-0.3, -0.25) is 49.0 Å². The Bertz CT molecular complexity index is 5500. The zero-order valence-corrected chi connectivity index (χ0v) is 71.2. The summed E-state index contributed by atoms with van der Waals surface area (Å²) in [6.45, 7) is 8.20. The number of carbonyl (C=O) groups is 8. The summed E-state index contributed by atoms with van der Waals surface area (Å²) in [5.41, 5.74) is 15.1. The highest BCUT2D eigenvalue weighted by molar-refractivity contribution is 6.14. The molecule has 6 N–H and O–H groups in total. The van der Waals surface area contributed by atoms with Crippen molar-refractivity contribution < 1.29 is 77.7 Å². The van der Waals surface area contributed by atoms with Crippen LogP contribution in [0.1, 0.15) is 215 Å². The molecule has 648 valence electrons. The largest absolute Gasteiger partial charge is 0.469 e. The Kier molecular flexibility index (Phi) is 30.4. The van der Waals surface area contributed by atoms with Crippen molar-refractivity contribution in [2.24, 2.45) is 33.7 Å². The smallest absolute Gasteiger partial charge is 0.308 e. The number of esters is 4. The van der Waals surface area contributed by atoms with E-state index >= 15 is 0 Å². The van der Waals surface area contributed by atoms with E-state index in [1.165, 1.54) is 14.2 Å². The highest BCUT2D eigenvalue weighted by Gasteiger charge is 2.40. The summed E-state index contributed by atoms with van der Waals surface area (Å²) >= 11 is 0. The summed E-state index contributed by atoms with van der Waals surface area (Å²) in [5, 5.41) is 44.4. The first-order chi connectivity index (χ1) is 60.2. The van der Waals surface area contributed by atoms with Crippen LogP contribution in [0.2, 0.25) is 0 Å². The van der Waals surface area contributed by atoms with Crippen LogP contribution in [-0.4, -0.2) is 138 Å². The monoisotopic (exact) mass is 1680 g/mol. The molecule has 8 aromatic carbocycles. The Hall–Kier alpha value is -12.4. The van der Waals surface area contributed by atoms with Gasteiger partial charge in [0, 0.05) is 70.6 Å². The Balaban J connectivity index is 0.000000142. The van der Waals surface area contributed by atoms with Crippen molar-refractivity contribution >= 4 is 105 Å². The summed E-state index contributed by atoms with van der Waals surface area (Å²) in [5.74, 6) is 0.639. The van der Waals surface area contributed by atoms with E-state index in [2.05, 4.69) is 45.0 Å². The van der Waals surface area contributed by atoms with Crippen LogP contribution >= 0.6 is 0 Å². The van der Waals surface area contributed by atoms with E-state index < -0.39 is 0 Å². The van der Waals surface area contributed by atoms with Gasteiger partial charge in [0.05, 0.1) is 99.6 Å². The zero-order chi connectivity index (χ0) is 87.5. The van der Waals surface area contributed by atoms with Crippen molar-refractivity contribution in [3.05, 3.63) is 249 Å². The van der Waals surface area contributed by atoms with E-state index in [0.29, 0.717) is 60.2 Å². The molecule has 0 saturated heterocycles. The van der Waals surface area contributed by atoms with Crippen molar-refractivity contribution in [1.29, 1.82) is 0 Å². The molecular formula is C98H110N10O16. The van der Waals surface area contributed by atoms with Crippen LogP contribution in [-0.2, 0) is 77.4 Å². The molecule has 0 atom stereocenters. The van der Waals surface area contributed by atoms with Crippen molar-refractivity contribution in [3.63, 3.8) is 0 Å². The Morgan fingerprint density at radius 1 is 0.379 bits per heavy atom. The van der Waals surface area contributed by atoms with Gasteiger partial charge in [0.15, 0.2) is 0 Å². The van der Waals surface area contributed by atoms with Gasteiger partial charge in [-0.2, -0.15) is 9.98 Å². The Morgan fingerprint density at radius 2 is 0.694 bits per heavy atom. The minimum Gasteiger partial charge on any atom is -0.469 e. The number of hydrogen-bond acceptors (Lipinski definition) is 18. The summed E-state index contributed by atoms with van der Waals surface area (Å²) in [7, 11) is 2.86. The number of aliphatic hydroxyl groups excluding tert-OH is 4. The lowest BCUT2D eigenvalue weighted by Crippen LogP contribution is -2.42. The molecule has 124 heavy (non-hydrogen) atoms. The maximum absolute atomic E-state index is 12.9. The molecule has 6 aliphatic rings. The number of nitrogens with one attached hydrogen (secondary N) is 2. The maximum Gasteiger partial charge on any atom is 0.308 e. The van der Waals surface area contributed by atoms with Gasteiger partial charge in [-0.05, 0) is 249 Å². The molecule has 2 aromatic heterocycles. The van der Waals surface area contributed by atoms with Crippen LogP contribution in [0.25, 0.3) is 22.1 Å². The van der Waals surface area contributed by atoms with Crippen LogP contribution in [0.3, 0.4) is 0 Å². The molecule has 26 heteroatoms. The van der Waals surface area contributed by atoms with E-state index in [9.17, 15) is 58.8 Å². The topological polar surface area (TPSA) is 345 Å². The molecular weight excluding hydrogens is 1570 g/mol. The van der Waals surface area contributed by atoms with Gasteiger partial charge < -0.3 is 58.3 Å². The number of aliphatic imine (C=N–C) groups is 2. The lowest BCUT2D eigenvalue weighted by molar-refractivity contribution is -0.150. The van der Waals surface area contributed by atoms with Gasteiger partial charge >= 0.3 is 23.9 Å². The van der Waals surface area contributed by atoms with Crippen molar-refractivity contribution in [1.82, 2.24) is 19.1 Å². The SMILES string of the molecule is CCOC(=O)C1CCC(N2C(=NC(=O)c3ccccc3)Cc3ccc(CO)cc32)CC1.CCOC(=O)C1CCC(n2c(NC(=O)c3ccc(C)cc3)nc3ccc(CO)cc32)CC1.COC(=O)C1CCC(N2C(=NC(=O)c3ccc(C)cc3)Cc3ccc(CO)cc32)CC1.COC(=O)C1CCC(n2c(NC(=O)c3ccccc3)nc3ccc(CO)cc32)CC1. The first-order valence-electron chi connectivity index (χ1n) is 43.1. The molecule has 0 bridgehead atoms. The third-order valence-corrected chi connectivity index (χ3v) is 24.4. The molecule has 4 amide bonds. The highest BCUT2D eigenvalue weighted by atomic mass is 16.5. The molecule has 0 unspecified atom stereocenters. The van der Waals surface area contributed by atoms with Gasteiger partial charge in [0.25, 0.3) is 23.6 Å². The van der Waals surface area contributed by atoms with E-state index in [1.54, 1.807) is 48.5 Å². The summed E-state index contributed by atoms with van der Waals surface area (Å²) in [6.07, 6.45) is 13.5. The van der Waals surface area contributed by atoms with Gasteiger partial charge in [-0.25, -0.2) is 9.97 Å². The quantitative estimate of drug-likeness (QED) is 0.0305. The number of rotatable bonds is 20. The van der Waals surface area contributed by atoms with E-state index in [-0.39, 0.29) is 122 Å². The van der Waals surface area contributed by atoms with Crippen molar-refractivity contribution in [2.45, 2.75) is 194 Å². The number of hydrogen-bond donors (Lipinski definition) is 6. The number of aliphatic hydroxyl groups is 4. The molecule has 26 nitrogen and oxygen atoms in total. The lowest BCUT2D eigenvalue weighted by atomic mass is 9.85. The molecule has 2 aliphatic heterocycles. The number of methoxy groups -OCH3 is 2. The Morgan fingerprint density at radius 3 is 1.05 bits per heavy atom. The standard InChI is InChI=1S/C25H29N3O4.2C25H28N2O4.C23H25N3O4/c1-3-32-24(31)19-9-11-20(12-10-19)28-22-14-17(15-29)6-13-21(22)26-25(28)27-23(30)18-7-4-16(2)5-8-18;1-16-3-6-18(7-4-16)24(29)26-23-14-20-8-5-17(15-28)13-22(20)27(23)21-11-9-19(10-12-21)25(30)31-2;1-2-31-25(30)19-10-12-21(13-11-19)27-22-14-17(16-28)8-9-20(22)15-23(27)26-24(29)18-6-4-3-5-7-18;1-30-22(29)17-8-10-18(11-9-17)26-20-13-15(14-27)7-12-19(20)24-23(26)25-21(28)16-5-3-2-4-6-16/h4-8,13-14,19-20,29H,3,9-12,15H2,1-2H3,(H,26,27,30);3-8,13,19,21,28H,9-12,14-15H2,1-2H3;3-9,14,19,21,28H,2,10-13,15-16H2,1H3;2-7,12-13,17-18,27H,8-11,14H2,1H3,(H,24,25,28). The molecule has 0 spiro atoms. The normalized spacial score (nSPS) is 20.2. The molecule has 4 fully saturated rings. The van der Waals surface area contributed by atoms with Crippen molar-refractivity contribution in [3.8, 4) is 0 Å². The average Bonchev–Trinajstić information content (AvgIpc) is 1.64. The first kappa shape index (κ1) is 89.4. The fourth-order valence-corrected chi connectivity index (χ4v) is 17.8. The van der Waals surface area contributed by atoms with Crippen LogP contribution in [0.15, 0.2) is 192 Å². The lowest BCUT2D eigenvalue weighted by Gasteiger charge is -2.35. The van der Waals surface area contributed by atoms with Gasteiger partial charge in [0.2, 0.25) is 11.9 Å². The van der Waals surface area contributed by atoms with Gasteiger partial charge in [-0.15, -0.1) is 0 Å². The number of anilines is 4. The first-order valence-corrected chi connectivity index (χ1v) is 43.1. The fourth-order valence-electron chi connectivity index (χ4n) is 17.8. The molecule has 0 radical (unpaired) electrons. The molecule has 4 heterocycles. The molecule has 4 saturated carbocycles. The minimum atomic E-state index is -0.254. The fraction of sp³-hybridized carbons (Fsp3) is 0.388. The number of imidazole rings is 2. The molecule has 4 aliphatic carbocycles. The number of nitrogens with zero attached hydrogens (tertiary/aromatic N) is 8. The Labute approximate surface area is 721 Å². The number of carbonyl (C=O) groups excluding carboxylic acids is 8. The van der Waals surface area contributed by atoms with Gasteiger partial charge in [-0.1, -0.05) is 108 Å². The predicted octanol–water partition coefficient (Wildman–Crippen LogP) is 15.8. The van der Waals surface area contributed by atoms with Crippen LogP contribution in [0.5, 0.6) is 0 Å². The number of fused-ring (bicyclic) bond motifs is 4. The summed E-state index contributed by atoms with van der Waals surface area (Å²) in [6, 6.07) is 56.5. The number of amides is 4. The molecule has 10 aromatic rings. The summed E-state index contributed by atoms with van der Waals surface area (Å²) in [4.78, 5) is 122. The number of aromatic nitrogens is 4. The summed E-state index contributed by atoms with van der Waals surface area (Å²) < 4.78 is 24.3. The minimum absolute atomic E-state index is 0.0356. The number of aryl methyl sites for hydroxylation is 2. The average molecular weight is 1680 g/mol. The number of ether oxygens (including phenoxy) is 4. The van der Waals surface area contributed by atoms with E-state index in [4.69, 9.17) is 18.9 Å².